The van der Waals surface area contributed by atoms with Crippen molar-refractivity contribution in [2.24, 2.45) is 16.8 Å². The van der Waals surface area contributed by atoms with E-state index in [1.165, 1.54) is 29.5 Å². The van der Waals surface area contributed by atoms with E-state index in [-0.39, 0.29) is 24.4 Å². The summed E-state index contributed by atoms with van der Waals surface area (Å²) in [5.41, 5.74) is 2.21. The maximum atomic E-state index is 13.4. The highest BCUT2D eigenvalue weighted by atomic mass is 19.1. The first-order chi connectivity index (χ1) is 14.4. The molecule has 0 radical (unpaired) electrons. The summed E-state index contributed by atoms with van der Waals surface area (Å²) in [4.78, 5) is 9.14. The largest absolute Gasteiger partial charge is 0.432 e. The summed E-state index contributed by atoms with van der Waals surface area (Å²) in [6.07, 6.45) is 5.82. The number of nitrogens with one attached hydrogen (secondary N) is 1. The van der Waals surface area contributed by atoms with Crippen LogP contribution in [0.25, 0.3) is 22.8 Å². The second kappa shape index (κ2) is 9.02. The lowest BCUT2D eigenvalue weighted by Crippen LogP contribution is -2.49. The SMILES string of the molecule is CC(=N/C(=C\C=N)c1c(-c2ccc(F)cc2)nc2occn12)N(N)[C@@H](CO)C(C)C. The minimum absolute atomic E-state index is 0.102. The molecule has 2 aromatic heterocycles. The lowest BCUT2D eigenvalue weighted by molar-refractivity contribution is 0.145. The van der Waals surface area contributed by atoms with Gasteiger partial charge in [0.05, 0.1) is 18.3 Å². The highest BCUT2D eigenvalue weighted by Gasteiger charge is 2.23. The van der Waals surface area contributed by atoms with Gasteiger partial charge in [0.2, 0.25) is 0 Å². The number of nitrogens with two attached hydrogens (primary N) is 1. The molecule has 9 heteroatoms. The van der Waals surface area contributed by atoms with Crippen molar-refractivity contribution < 1.29 is 13.9 Å². The molecular formula is C21H25FN6O2. The van der Waals surface area contributed by atoms with Crippen LogP contribution < -0.4 is 5.84 Å². The van der Waals surface area contributed by atoms with Crippen molar-refractivity contribution in [2.75, 3.05) is 6.61 Å². The monoisotopic (exact) mass is 412 g/mol. The average molecular weight is 412 g/mol. The van der Waals surface area contributed by atoms with Crippen molar-refractivity contribution in [1.29, 1.82) is 5.41 Å². The van der Waals surface area contributed by atoms with Gasteiger partial charge in [0.15, 0.2) is 0 Å². The van der Waals surface area contributed by atoms with Crippen LogP contribution in [0.2, 0.25) is 0 Å². The number of allylic oxidation sites excluding steroid dienone is 1. The van der Waals surface area contributed by atoms with E-state index in [0.717, 1.165) is 6.21 Å². The smallest absolute Gasteiger partial charge is 0.306 e. The molecule has 158 valence electrons. The number of aliphatic imine (C=N–C) groups is 1. The first kappa shape index (κ1) is 21.4. The molecule has 4 N–H and O–H groups in total. The van der Waals surface area contributed by atoms with Gasteiger partial charge in [0.25, 0.3) is 0 Å². The van der Waals surface area contributed by atoms with Crippen LogP contribution in [0.1, 0.15) is 26.5 Å². The van der Waals surface area contributed by atoms with Gasteiger partial charge in [0.1, 0.15) is 29.3 Å². The molecular weight excluding hydrogens is 387 g/mol. The summed E-state index contributed by atoms with van der Waals surface area (Å²) in [5.74, 6) is 6.75. The number of hydrogen-bond acceptors (Lipinski definition) is 6. The number of amidine groups is 1. The Morgan fingerprint density at radius 2 is 2.10 bits per heavy atom. The number of hydrogen-bond donors (Lipinski definition) is 3. The molecule has 0 spiro atoms. The number of aromatic nitrogens is 2. The molecule has 1 aromatic carbocycles. The van der Waals surface area contributed by atoms with E-state index in [0.29, 0.717) is 34.3 Å². The van der Waals surface area contributed by atoms with Gasteiger partial charge < -0.3 is 14.9 Å². The van der Waals surface area contributed by atoms with Crippen LogP contribution in [0.15, 0.2) is 52.2 Å². The zero-order valence-electron chi connectivity index (χ0n) is 17.1. The molecule has 0 saturated heterocycles. The van der Waals surface area contributed by atoms with Crippen LogP contribution in [-0.4, -0.2) is 44.2 Å². The maximum absolute atomic E-state index is 13.4. The summed E-state index contributed by atoms with van der Waals surface area (Å²) in [6.45, 7) is 5.53. The molecule has 0 amide bonds. The lowest BCUT2D eigenvalue weighted by Gasteiger charge is -2.30. The van der Waals surface area contributed by atoms with Gasteiger partial charge in [-0.1, -0.05) is 13.8 Å². The number of nitrogens with zero attached hydrogens (tertiary/aromatic N) is 4. The summed E-state index contributed by atoms with van der Waals surface area (Å²) in [5, 5.41) is 18.7. The maximum Gasteiger partial charge on any atom is 0.306 e. The van der Waals surface area contributed by atoms with Crippen LogP contribution in [0.3, 0.4) is 0 Å². The lowest BCUT2D eigenvalue weighted by atomic mass is 10.0. The van der Waals surface area contributed by atoms with Gasteiger partial charge in [-0.15, -0.1) is 0 Å². The van der Waals surface area contributed by atoms with E-state index < -0.39 is 0 Å². The van der Waals surface area contributed by atoms with E-state index >= 15 is 0 Å². The fourth-order valence-electron chi connectivity index (χ4n) is 3.18. The molecule has 0 aliphatic heterocycles. The Bertz CT molecular complexity index is 1080. The van der Waals surface area contributed by atoms with Crippen molar-refractivity contribution >= 4 is 23.6 Å². The first-order valence-electron chi connectivity index (χ1n) is 9.50. The Morgan fingerprint density at radius 1 is 1.40 bits per heavy atom. The number of halogens is 1. The fourth-order valence-corrected chi connectivity index (χ4v) is 3.18. The number of aliphatic hydroxyl groups excluding tert-OH is 1. The Labute approximate surface area is 173 Å². The van der Waals surface area contributed by atoms with Gasteiger partial charge in [-0.25, -0.2) is 15.2 Å². The van der Waals surface area contributed by atoms with Crippen molar-refractivity contribution in [3.8, 4) is 11.3 Å². The molecule has 2 heterocycles. The van der Waals surface area contributed by atoms with Crippen LogP contribution in [0.4, 0.5) is 4.39 Å². The predicted molar refractivity (Wildman–Crippen MR) is 114 cm³/mol. The molecule has 0 fully saturated rings. The summed E-state index contributed by atoms with van der Waals surface area (Å²) < 4.78 is 20.6. The van der Waals surface area contributed by atoms with Crippen LogP contribution >= 0.6 is 0 Å². The molecule has 0 unspecified atom stereocenters. The molecule has 30 heavy (non-hydrogen) atoms. The second-order valence-electron chi connectivity index (χ2n) is 7.15. The summed E-state index contributed by atoms with van der Waals surface area (Å²) in [7, 11) is 0. The first-order valence-corrected chi connectivity index (χ1v) is 9.50. The normalized spacial score (nSPS) is 13.8. The molecule has 0 aliphatic carbocycles. The minimum Gasteiger partial charge on any atom is -0.432 e. The van der Waals surface area contributed by atoms with Crippen molar-refractivity contribution in [2.45, 2.75) is 26.8 Å². The summed E-state index contributed by atoms with van der Waals surface area (Å²) >= 11 is 0. The third-order valence-corrected chi connectivity index (χ3v) is 4.83. The number of hydrazine groups is 1. The number of imidazole rings is 1. The number of rotatable bonds is 7. The number of fused-ring (bicyclic) bond motifs is 1. The highest BCUT2D eigenvalue weighted by molar-refractivity contribution is 5.93. The van der Waals surface area contributed by atoms with E-state index in [9.17, 15) is 9.50 Å². The van der Waals surface area contributed by atoms with Gasteiger partial charge in [-0.2, -0.15) is 4.98 Å². The van der Waals surface area contributed by atoms with E-state index in [1.807, 2.05) is 13.8 Å². The number of aliphatic hydroxyl groups is 1. The minimum atomic E-state index is -0.352. The Kier molecular flexibility index (Phi) is 6.43. The zero-order chi connectivity index (χ0) is 21.8. The van der Waals surface area contributed by atoms with Gasteiger partial charge in [-0.05, 0) is 43.2 Å². The van der Waals surface area contributed by atoms with E-state index in [2.05, 4.69) is 9.98 Å². The molecule has 0 aliphatic rings. The van der Waals surface area contributed by atoms with Crippen molar-refractivity contribution in [3.63, 3.8) is 0 Å². The summed E-state index contributed by atoms with van der Waals surface area (Å²) in [6, 6.07) is 5.63. The third kappa shape index (κ3) is 4.17. The quantitative estimate of drug-likeness (QED) is 0.238. The predicted octanol–water partition coefficient (Wildman–Crippen LogP) is 3.33. The molecule has 1 atom stereocenters. The van der Waals surface area contributed by atoms with Gasteiger partial charge >= 0.3 is 5.84 Å². The van der Waals surface area contributed by atoms with E-state index in [4.69, 9.17) is 15.7 Å². The fraction of sp³-hybridized carbons (Fsp3) is 0.286. The Morgan fingerprint density at radius 3 is 2.70 bits per heavy atom. The molecule has 3 aromatic rings. The van der Waals surface area contributed by atoms with E-state index in [1.54, 1.807) is 29.7 Å². The molecule has 0 bridgehead atoms. The Hall–Kier alpha value is -3.30. The Balaban J connectivity index is 2.14. The van der Waals surface area contributed by atoms with Crippen LogP contribution in [0, 0.1) is 17.1 Å². The van der Waals surface area contributed by atoms with Gasteiger partial charge in [-0.3, -0.25) is 9.41 Å². The molecule has 3 rings (SSSR count). The van der Waals surface area contributed by atoms with Gasteiger partial charge in [0, 0.05) is 18.0 Å². The van der Waals surface area contributed by atoms with Crippen LogP contribution in [0.5, 0.6) is 0 Å². The number of benzene rings is 1. The van der Waals surface area contributed by atoms with Crippen LogP contribution in [-0.2, 0) is 0 Å². The average Bonchev–Trinajstić information content (AvgIpc) is 3.29. The van der Waals surface area contributed by atoms with Crippen molar-refractivity contribution in [3.05, 3.63) is 54.3 Å². The third-order valence-electron chi connectivity index (χ3n) is 4.83. The van der Waals surface area contributed by atoms with Crippen molar-refractivity contribution in [1.82, 2.24) is 14.4 Å². The highest BCUT2D eigenvalue weighted by Crippen LogP contribution is 2.31. The molecule has 0 saturated carbocycles. The second-order valence-corrected chi connectivity index (χ2v) is 7.15. The number of oxazole rings is 1. The topological polar surface area (TPSA) is 116 Å². The molecule has 8 nitrogen and oxygen atoms in total. The zero-order valence-corrected chi connectivity index (χ0v) is 17.1. The standard InChI is InChI=1S/C21H25FN6O2/c1-13(2)18(12-29)28(24)14(3)25-17(8-9-23)20-19(15-4-6-16(22)7-5-15)26-21-27(20)10-11-30-21/h4-11,13,18,23,29H,12,24H2,1-3H3/b17-8-,23-9?,25-14?/t18-/m0/s1.